The summed E-state index contributed by atoms with van der Waals surface area (Å²) >= 11 is 0. The summed E-state index contributed by atoms with van der Waals surface area (Å²) in [6, 6.07) is 15.8. The molecule has 1 amide bonds. The second kappa shape index (κ2) is 7.32. The maximum atomic E-state index is 12.5. The van der Waals surface area contributed by atoms with Gasteiger partial charge in [0.1, 0.15) is 0 Å². The fraction of sp³-hybridized carbons (Fsp3) is 0.364. The van der Waals surface area contributed by atoms with Crippen LogP contribution in [0, 0.1) is 13.8 Å². The van der Waals surface area contributed by atoms with Crippen molar-refractivity contribution in [3.8, 4) is 0 Å². The van der Waals surface area contributed by atoms with Crippen molar-refractivity contribution in [3.63, 3.8) is 0 Å². The Morgan fingerprint density at radius 3 is 2.38 bits per heavy atom. The Morgan fingerprint density at radius 1 is 1.08 bits per heavy atom. The minimum atomic E-state index is -0.548. The van der Waals surface area contributed by atoms with E-state index in [0.29, 0.717) is 6.54 Å². The second-order valence-electron chi connectivity index (χ2n) is 7.20. The van der Waals surface area contributed by atoms with Crippen LogP contribution in [-0.2, 0) is 26.3 Å². The Hall–Kier alpha value is -2.62. The predicted octanol–water partition coefficient (Wildman–Crippen LogP) is 3.54. The fourth-order valence-corrected chi connectivity index (χ4v) is 3.24. The molecule has 0 heterocycles. The molecule has 1 aliphatic carbocycles. The number of carbonyl (C=O) groups is 2. The maximum absolute atomic E-state index is 12.5. The monoisotopic (exact) mass is 351 g/mol. The molecule has 2 aromatic carbocycles. The molecule has 0 spiro atoms. The van der Waals surface area contributed by atoms with Crippen molar-refractivity contribution in [2.75, 3.05) is 13.7 Å². The number of hydrogen-bond acceptors (Lipinski definition) is 3. The Bertz CT molecular complexity index is 809. The summed E-state index contributed by atoms with van der Waals surface area (Å²) in [7, 11) is 1.74. The molecule has 3 rings (SSSR count). The number of esters is 1. The maximum Gasteiger partial charge on any atom is 0.317 e. The summed E-state index contributed by atoms with van der Waals surface area (Å²) in [5.74, 6) is -0.487. The van der Waals surface area contributed by atoms with Crippen LogP contribution in [0.5, 0.6) is 0 Å². The van der Waals surface area contributed by atoms with Crippen LogP contribution in [0.4, 0.5) is 0 Å². The molecule has 0 aliphatic heterocycles. The van der Waals surface area contributed by atoms with Crippen LogP contribution in [0.25, 0.3) is 0 Å². The van der Waals surface area contributed by atoms with E-state index in [2.05, 4.69) is 6.07 Å². The zero-order valence-electron chi connectivity index (χ0n) is 15.6. The first-order valence-corrected chi connectivity index (χ1v) is 8.95. The molecule has 1 saturated carbocycles. The zero-order chi connectivity index (χ0) is 18.7. The van der Waals surface area contributed by atoms with E-state index in [0.717, 1.165) is 29.5 Å². The van der Waals surface area contributed by atoms with Gasteiger partial charge in [-0.15, -0.1) is 0 Å². The van der Waals surface area contributed by atoms with Crippen molar-refractivity contribution in [1.29, 1.82) is 0 Å². The predicted molar refractivity (Wildman–Crippen MR) is 101 cm³/mol. The van der Waals surface area contributed by atoms with E-state index in [1.807, 2.05) is 56.3 Å². The van der Waals surface area contributed by atoms with Gasteiger partial charge in [0.25, 0.3) is 5.91 Å². The molecule has 0 unspecified atom stereocenters. The van der Waals surface area contributed by atoms with Gasteiger partial charge in [0, 0.05) is 13.6 Å². The van der Waals surface area contributed by atoms with Crippen molar-refractivity contribution < 1.29 is 14.3 Å². The summed E-state index contributed by atoms with van der Waals surface area (Å²) in [4.78, 5) is 26.5. The van der Waals surface area contributed by atoms with Gasteiger partial charge >= 0.3 is 5.97 Å². The van der Waals surface area contributed by atoms with Gasteiger partial charge in [0.15, 0.2) is 6.61 Å². The molecule has 0 atom stereocenters. The molecule has 0 N–H and O–H groups in total. The third kappa shape index (κ3) is 3.79. The van der Waals surface area contributed by atoms with Crippen molar-refractivity contribution >= 4 is 11.9 Å². The highest BCUT2D eigenvalue weighted by molar-refractivity contribution is 5.88. The number of aryl methyl sites for hydroxylation is 2. The van der Waals surface area contributed by atoms with Gasteiger partial charge in [-0.25, -0.2) is 0 Å². The van der Waals surface area contributed by atoms with Gasteiger partial charge in [-0.1, -0.05) is 54.1 Å². The minimum Gasteiger partial charge on any atom is -0.455 e. The number of benzene rings is 2. The number of nitrogens with zero attached hydrogens (tertiary/aromatic N) is 1. The summed E-state index contributed by atoms with van der Waals surface area (Å²) in [5.41, 5.74) is 3.88. The Morgan fingerprint density at radius 2 is 1.77 bits per heavy atom. The molecular formula is C22H25NO3. The van der Waals surface area contributed by atoms with E-state index in [1.165, 1.54) is 5.56 Å². The zero-order valence-corrected chi connectivity index (χ0v) is 15.6. The lowest BCUT2D eigenvalue weighted by Gasteiger charge is -2.20. The lowest BCUT2D eigenvalue weighted by Crippen LogP contribution is -2.33. The number of carbonyl (C=O) groups excluding carboxylic acids is 2. The number of likely N-dealkylation sites (N-methyl/N-ethyl adjacent to an activating group) is 1. The Labute approximate surface area is 154 Å². The number of rotatable bonds is 6. The van der Waals surface area contributed by atoms with Crippen LogP contribution < -0.4 is 0 Å². The van der Waals surface area contributed by atoms with E-state index < -0.39 is 5.41 Å². The van der Waals surface area contributed by atoms with Gasteiger partial charge in [0.05, 0.1) is 5.41 Å². The largest absolute Gasteiger partial charge is 0.455 e. The summed E-state index contributed by atoms with van der Waals surface area (Å²) < 4.78 is 5.36. The third-order valence-corrected chi connectivity index (χ3v) is 5.13. The molecule has 4 heteroatoms. The summed E-state index contributed by atoms with van der Waals surface area (Å²) in [6.45, 7) is 4.38. The molecule has 26 heavy (non-hydrogen) atoms. The van der Waals surface area contributed by atoms with Crippen molar-refractivity contribution in [1.82, 2.24) is 4.90 Å². The quantitative estimate of drug-likeness (QED) is 0.748. The van der Waals surface area contributed by atoms with Crippen molar-refractivity contribution in [3.05, 3.63) is 70.8 Å². The highest BCUT2D eigenvalue weighted by Crippen LogP contribution is 2.49. The highest BCUT2D eigenvalue weighted by atomic mass is 16.5. The van der Waals surface area contributed by atoms with E-state index >= 15 is 0 Å². The smallest absolute Gasteiger partial charge is 0.317 e. The second-order valence-corrected chi connectivity index (χ2v) is 7.20. The average molecular weight is 351 g/mol. The first-order valence-electron chi connectivity index (χ1n) is 8.95. The fourth-order valence-electron chi connectivity index (χ4n) is 3.24. The summed E-state index contributed by atoms with van der Waals surface area (Å²) in [6.07, 6.45) is 1.56. The Balaban J connectivity index is 1.56. The van der Waals surface area contributed by atoms with Crippen LogP contribution >= 0.6 is 0 Å². The van der Waals surface area contributed by atoms with Gasteiger partial charge in [0.2, 0.25) is 0 Å². The topological polar surface area (TPSA) is 46.6 Å². The molecule has 0 saturated heterocycles. The Kier molecular flexibility index (Phi) is 5.12. The molecule has 2 aromatic rings. The molecule has 1 aliphatic rings. The third-order valence-electron chi connectivity index (χ3n) is 5.13. The lowest BCUT2D eigenvalue weighted by atomic mass is 9.96. The highest BCUT2D eigenvalue weighted by Gasteiger charge is 2.52. The molecule has 0 aromatic heterocycles. The van der Waals surface area contributed by atoms with Crippen LogP contribution in [-0.4, -0.2) is 30.4 Å². The van der Waals surface area contributed by atoms with Crippen LogP contribution in [0.15, 0.2) is 48.5 Å². The average Bonchev–Trinajstić information content (AvgIpc) is 3.44. The number of hydrogen-bond donors (Lipinski definition) is 0. The van der Waals surface area contributed by atoms with Gasteiger partial charge in [-0.2, -0.15) is 0 Å². The first-order chi connectivity index (χ1) is 12.4. The van der Waals surface area contributed by atoms with Gasteiger partial charge in [-0.3, -0.25) is 9.59 Å². The van der Waals surface area contributed by atoms with Crippen LogP contribution in [0.2, 0.25) is 0 Å². The molecule has 4 nitrogen and oxygen atoms in total. The van der Waals surface area contributed by atoms with Crippen LogP contribution in [0.3, 0.4) is 0 Å². The molecule has 1 fully saturated rings. The SMILES string of the molecule is Cc1ccc(CN(C)C(=O)COC(=O)C2(c3ccccc3)CC2)c(C)c1. The van der Waals surface area contributed by atoms with Gasteiger partial charge < -0.3 is 9.64 Å². The lowest BCUT2D eigenvalue weighted by molar-refractivity contribution is -0.154. The van der Waals surface area contributed by atoms with Crippen molar-refractivity contribution in [2.45, 2.75) is 38.6 Å². The van der Waals surface area contributed by atoms with Crippen LogP contribution in [0.1, 0.15) is 35.1 Å². The first kappa shape index (κ1) is 18.2. The number of ether oxygens (including phenoxy) is 1. The van der Waals surface area contributed by atoms with E-state index in [-0.39, 0.29) is 18.5 Å². The summed E-state index contributed by atoms with van der Waals surface area (Å²) in [5, 5.41) is 0. The molecule has 0 bridgehead atoms. The van der Waals surface area contributed by atoms with Crippen molar-refractivity contribution in [2.24, 2.45) is 0 Å². The normalized spacial score (nSPS) is 14.6. The van der Waals surface area contributed by atoms with E-state index in [1.54, 1.807) is 11.9 Å². The van der Waals surface area contributed by atoms with E-state index in [9.17, 15) is 9.59 Å². The molecular weight excluding hydrogens is 326 g/mol. The standard InChI is InChI=1S/C22H25NO3/c1-16-9-10-18(17(2)13-16)14-23(3)20(24)15-26-21(25)22(11-12-22)19-7-5-4-6-8-19/h4-10,13H,11-12,14-15H2,1-3H3. The number of amides is 1. The minimum absolute atomic E-state index is 0.192. The van der Waals surface area contributed by atoms with E-state index in [4.69, 9.17) is 4.74 Å². The van der Waals surface area contributed by atoms with Gasteiger partial charge in [-0.05, 0) is 43.4 Å². The molecule has 0 radical (unpaired) electrons. The molecule has 136 valence electrons.